The van der Waals surface area contributed by atoms with E-state index in [2.05, 4.69) is 0 Å². The zero-order valence-electron chi connectivity index (χ0n) is 21.8. The van der Waals surface area contributed by atoms with E-state index in [9.17, 15) is 34.5 Å². The van der Waals surface area contributed by atoms with Crippen LogP contribution in [0, 0.1) is 15.3 Å². The van der Waals surface area contributed by atoms with Crippen molar-refractivity contribution >= 4 is 29.4 Å². The molecule has 0 saturated carbocycles. The molecular weight excluding hydrogens is 526 g/mol. The number of carboxylic acids is 1. The molecule has 0 aliphatic carbocycles. The van der Waals surface area contributed by atoms with Gasteiger partial charge in [-0.05, 0) is 5.56 Å². The first kappa shape index (κ1) is 28.5. The number of nitro groups is 1. The van der Waals surface area contributed by atoms with Crippen LogP contribution in [0.1, 0.15) is 21.5 Å². The van der Waals surface area contributed by atoms with Crippen LogP contribution in [0.25, 0.3) is 0 Å². The maximum absolute atomic E-state index is 13.2. The summed E-state index contributed by atoms with van der Waals surface area (Å²) in [5, 5.41) is 33.0. The third-order valence-corrected chi connectivity index (χ3v) is 6.91. The highest BCUT2D eigenvalue weighted by Gasteiger charge is 2.45. The van der Waals surface area contributed by atoms with Gasteiger partial charge in [0.05, 0.1) is 18.0 Å². The van der Waals surface area contributed by atoms with Crippen molar-refractivity contribution in [3.63, 3.8) is 0 Å². The van der Waals surface area contributed by atoms with Gasteiger partial charge >= 0.3 is 23.9 Å². The minimum atomic E-state index is -1.89. The van der Waals surface area contributed by atoms with Gasteiger partial charge in [0.1, 0.15) is 6.17 Å². The number of amides is 2. The monoisotopic (exact) mass is 553 g/mol. The molecule has 2 aliphatic rings. The molecule has 14 heteroatoms. The quantitative estimate of drug-likeness (QED) is 0.101. The van der Waals surface area contributed by atoms with E-state index in [4.69, 9.17) is 9.84 Å². The first-order valence-corrected chi connectivity index (χ1v) is 12.3. The number of hydrogen-bond donors (Lipinski definition) is 1. The second-order valence-electron chi connectivity index (χ2n) is 9.54. The van der Waals surface area contributed by atoms with Crippen LogP contribution in [0.3, 0.4) is 0 Å². The molecular formula is C26H27N5O9. The summed E-state index contributed by atoms with van der Waals surface area (Å²) >= 11 is 0. The Morgan fingerprint density at radius 2 is 1.75 bits per heavy atom. The van der Waals surface area contributed by atoms with Crippen molar-refractivity contribution in [1.29, 1.82) is 0 Å². The average Bonchev–Trinajstić information content (AvgIpc) is 2.94. The fraction of sp³-hybridized carbons (Fsp3) is 0.308. The molecule has 0 aromatic heterocycles. The number of nitrogens with zero attached hydrogens (tertiary/aromatic N) is 5. The molecule has 1 saturated heterocycles. The molecule has 1 fully saturated rings. The number of esters is 1. The number of aliphatic carboxylic acids is 1. The number of piperazine rings is 1. The lowest BCUT2D eigenvalue weighted by Gasteiger charge is -2.47. The van der Waals surface area contributed by atoms with Gasteiger partial charge in [0.2, 0.25) is 0 Å². The second-order valence-corrected chi connectivity index (χ2v) is 9.54. The minimum Gasteiger partial charge on any atom is -0.616 e. The summed E-state index contributed by atoms with van der Waals surface area (Å²) in [5.74, 6) is -4.52. The van der Waals surface area contributed by atoms with Gasteiger partial charge in [-0.15, -0.1) is 0 Å². The van der Waals surface area contributed by atoms with Crippen molar-refractivity contribution in [1.82, 2.24) is 14.7 Å². The Labute approximate surface area is 228 Å². The van der Waals surface area contributed by atoms with Gasteiger partial charge in [-0.2, -0.15) is 0 Å². The number of benzene rings is 2. The molecule has 2 amide bonds. The third kappa shape index (κ3) is 5.74. The number of rotatable bonds is 7. The van der Waals surface area contributed by atoms with E-state index in [0.29, 0.717) is 43.9 Å². The highest BCUT2D eigenvalue weighted by atomic mass is 16.7. The lowest BCUT2D eigenvalue weighted by molar-refractivity contribution is -0.760. The summed E-state index contributed by atoms with van der Waals surface area (Å²) in [6.45, 7) is 2.13. The molecule has 0 radical (unpaired) electrons. The third-order valence-electron chi connectivity index (χ3n) is 6.91. The van der Waals surface area contributed by atoms with Crippen molar-refractivity contribution in [2.24, 2.45) is 0 Å². The topological polar surface area (TPSA) is 174 Å². The molecule has 2 atom stereocenters. The molecule has 14 nitrogen and oxygen atoms in total. The van der Waals surface area contributed by atoms with Crippen LogP contribution < -0.4 is 0 Å². The fourth-order valence-electron chi connectivity index (χ4n) is 4.70. The number of likely N-dealkylation sites (N-methyl/N-ethyl adjacent to an activating group) is 1. The zero-order valence-corrected chi connectivity index (χ0v) is 21.8. The van der Waals surface area contributed by atoms with Crippen LogP contribution in [0.2, 0.25) is 0 Å². The van der Waals surface area contributed by atoms with E-state index in [1.54, 1.807) is 36.4 Å². The lowest BCUT2D eigenvalue weighted by atomic mass is 9.97. The normalized spacial score (nSPS) is 22.0. The maximum atomic E-state index is 13.2. The Hall–Kier alpha value is -4.50. The molecule has 210 valence electrons. The van der Waals surface area contributed by atoms with Crippen LogP contribution in [0.4, 0.5) is 10.5 Å². The Bertz CT molecular complexity index is 1380. The van der Waals surface area contributed by atoms with Gasteiger partial charge in [0.25, 0.3) is 5.69 Å². The molecule has 0 spiro atoms. The maximum Gasteiger partial charge on any atom is 0.427 e. The van der Waals surface area contributed by atoms with Gasteiger partial charge in [0.15, 0.2) is 5.78 Å². The molecule has 2 aromatic rings. The van der Waals surface area contributed by atoms with Crippen LogP contribution >= 0.6 is 0 Å². The molecule has 2 unspecified atom stereocenters. The van der Waals surface area contributed by atoms with Gasteiger partial charge in [-0.1, -0.05) is 36.4 Å². The summed E-state index contributed by atoms with van der Waals surface area (Å²) in [6.07, 6.45) is 0.499. The van der Waals surface area contributed by atoms with Gasteiger partial charge < -0.3 is 15.1 Å². The number of urea groups is 1. The van der Waals surface area contributed by atoms with E-state index in [1.807, 2.05) is 9.80 Å². The van der Waals surface area contributed by atoms with Crippen LogP contribution in [-0.2, 0) is 20.9 Å². The van der Waals surface area contributed by atoms with Crippen LogP contribution in [-0.4, -0.2) is 99.6 Å². The number of ketones is 1. The highest BCUT2D eigenvalue weighted by Crippen LogP contribution is 2.28. The van der Waals surface area contributed by atoms with Gasteiger partial charge in [-0.25, -0.2) is 19.0 Å². The number of non-ortho nitro benzene ring substituents is 1. The largest absolute Gasteiger partial charge is 0.616 e. The standard InChI is InChI=1S/C26H27N5O9/c1-27-21(15-22(31(2,39)26(27)36)40-25(35)24(33)34)29-12-10-28(11-13-29)16-18-8-9-19(30(37)38)14-20(18)23(32)17-6-4-3-5-7-17/h3-9,14-15,21H,10-13,16H2,1-2H3,(H,33,34). The Balaban J connectivity index is 1.51. The van der Waals surface area contributed by atoms with Crippen molar-refractivity contribution in [3.8, 4) is 0 Å². The predicted molar refractivity (Wildman–Crippen MR) is 138 cm³/mol. The van der Waals surface area contributed by atoms with Gasteiger partial charge in [0, 0.05) is 63.0 Å². The minimum absolute atomic E-state index is 0.187. The summed E-state index contributed by atoms with van der Waals surface area (Å²) in [6, 6.07) is 11.8. The van der Waals surface area contributed by atoms with Crippen molar-refractivity contribution in [2.75, 3.05) is 40.3 Å². The van der Waals surface area contributed by atoms with Crippen LogP contribution in [0.5, 0.6) is 0 Å². The Morgan fingerprint density at radius 1 is 1.10 bits per heavy atom. The zero-order chi connectivity index (χ0) is 29.2. The summed E-state index contributed by atoms with van der Waals surface area (Å²) < 4.78 is 3.02. The molecule has 0 bridgehead atoms. The molecule has 2 aliphatic heterocycles. The van der Waals surface area contributed by atoms with Gasteiger partial charge in [-0.3, -0.25) is 29.6 Å². The number of carbonyl (C=O) groups is 4. The van der Waals surface area contributed by atoms with E-state index >= 15 is 0 Å². The highest BCUT2D eigenvalue weighted by molar-refractivity contribution is 6.28. The molecule has 2 aromatic carbocycles. The SMILES string of the molecule is CN1C(=O)[N+](C)([O-])C(OC(=O)C(=O)O)=CC1N1CCN(Cc2ccc([N+](=O)[O-])cc2C(=O)c2ccccc2)CC1. The molecule has 1 N–H and O–H groups in total. The number of ether oxygens (including phenoxy) is 1. The van der Waals surface area contributed by atoms with Crippen molar-refractivity contribution < 1.29 is 38.6 Å². The summed E-state index contributed by atoms with van der Waals surface area (Å²) in [4.78, 5) is 64.4. The number of quaternary nitrogens is 1. The molecule has 4 rings (SSSR count). The number of carboxylic acid groups (broad SMARTS) is 1. The number of hydroxylamine groups is 3. The number of nitro benzene ring substituents is 1. The summed E-state index contributed by atoms with van der Waals surface area (Å²) in [7, 11) is 2.38. The first-order chi connectivity index (χ1) is 18.9. The van der Waals surface area contributed by atoms with Crippen molar-refractivity contribution in [2.45, 2.75) is 12.7 Å². The number of carbonyl (C=O) groups excluding carboxylic acids is 3. The van der Waals surface area contributed by atoms with Crippen LogP contribution in [0.15, 0.2) is 60.5 Å². The summed E-state index contributed by atoms with van der Waals surface area (Å²) in [5.41, 5.74) is 1.09. The predicted octanol–water partition coefficient (Wildman–Crippen LogP) is 1.75. The van der Waals surface area contributed by atoms with E-state index in [0.717, 1.165) is 7.05 Å². The lowest BCUT2D eigenvalue weighted by Crippen LogP contribution is -2.63. The molecule has 40 heavy (non-hydrogen) atoms. The first-order valence-electron chi connectivity index (χ1n) is 12.3. The van der Waals surface area contributed by atoms with E-state index in [-0.39, 0.29) is 17.0 Å². The second kappa shape index (κ2) is 11.3. The van der Waals surface area contributed by atoms with E-state index in [1.165, 1.54) is 30.2 Å². The smallest absolute Gasteiger partial charge is 0.427 e. The van der Waals surface area contributed by atoms with Crippen molar-refractivity contribution in [3.05, 3.63) is 92.5 Å². The fourth-order valence-corrected chi connectivity index (χ4v) is 4.70. The number of hydrogen-bond acceptors (Lipinski definition) is 10. The Kier molecular flexibility index (Phi) is 8.06. The Morgan fingerprint density at radius 3 is 2.35 bits per heavy atom. The van der Waals surface area contributed by atoms with E-state index < -0.39 is 39.6 Å². The molecule has 2 heterocycles. The average molecular weight is 554 g/mol.